The van der Waals surface area contributed by atoms with E-state index in [1.165, 1.54) is 29.3 Å². The van der Waals surface area contributed by atoms with Gasteiger partial charge in [0.2, 0.25) is 5.91 Å². The van der Waals surface area contributed by atoms with Crippen LogP contribution in [0.15, 0.2) is 24.7 Å². The summed E-state index contributed by atoms with van der Waals surface area (Å²) in [6.45, 7) is 0. The standard InChI is InChI=1S/C7H6N6O/c8-7(14)5-1-2-9-6(3-5)13-4-10-11-12-13/h1-4H,(H2,8,14). The number of aromatic nitrogens is 5. The van der Waals surface area contributed by atoms with Gasteiger partial charge in [0.1, 0.15) is 6.33 Å². The molecule has 7 heteroatoms. The third-order valence-electron chi connectivity index (χ3n) is 1.61. The van der Waals surface area contributed by atoms with Gasteiger partial charge >= 0.3 is 0 Å². The van der Waals surface area contributed by atoms with E-state index in [-0.39, 0.29) is 0 Å². The van der Waals surface area contributed by atoms with Gasteiger partial charge in [0.05, 0.1) is 0 Å². The number of nitrogens with zero attached hydrogens (tertiary/aromatic N) is 5. The maximum Gasteiger partial charge on any atom is 0.248 e. The SMILES string of the molecule is NC(=O)c1ccnc(-n2cnnn2)c1. The first-order valence-electron chi connectivity index (χ1n) is 3.76. The molecule has 2 heterocycles. The molecule has 14 heavy (non-hydrogen) atoms. The van der Waals surface area contributed by atoms with Crippen molar-refractivity contribution in [2.24, 2.45) is 5.73 Å². The zero-order valence-corrected chi connectivity index (χ0v) is 7.03. The van der Waals surface area contributed by atoms with Gasteiger partial charge in [0, 0.05) is 11.8 Å². The minimum atomic E-state index is -0.512. The van der Waals surface area contributed by atoms with Gasteiger partial charge in [-0.15, -0.1) is 5.10 Å². The zero-order chi connectivity index (χ0) is 9.97. The zero-order valence-electron chi connectivity index (χ0n) is 7.03. The van der Waals surface area contributed by atoms with Crippen LogP contribution in [0.2, 0.25) is 0 Å². The highest BCUT2D eigenvalue weighted by Crippen LogP contribution is 2.03. The fourth-order valence-electron chi connectivity index (χ4n) is 0.963. The van der Waals surface area contributed by atoms with Gasteiger partial charge in [-0.3, -0.25) is 4.79 Å². The van der Waals surface area contributed by atoms with Crippen molar-refractivity contribution in [3.8, 4) is 5.82 Å². The van der Waals surface area contributed by atoms with Crippen molar-refractivity contribution < 1.29 is 4.79 Å². The molecule has 2 rings (SSSR count). The van der Waals surface area contributed by atoms with E-state index in [0.717, 1.165) is 0 Å². The molecule has 1 amide bonds. The monoisotopic (exact) mass is 190 g/mol. The van der Waals surface area contributed by atoms with E-state index < -0.39 is 5.91 Å². The number of pyridine rings is 1. The van der Waals surface area contributed by atoms with Crippen molar-refractivity contribution in [2.75, 3.05) is 0 Å². The summed E-state index contributed by atoms with van der Waals surface area (Å²) in [4.78, 5) is 14.8. The van der Waals surface area contributed by atoms with Crippen molar-refractivity contribution in [3.05, 3.63) is 30.2 Å². The van der Waals surface area contributed by atoms with Gasteiger partial charge in [-0.2, -0.15) is 4.68 Å². The van der Waals surface area contributed by atoms with Crippen molar-refractivity contribution in [2.45, 2.75) is 0 Å². The molecule has 0 saturated heterocycles. The predicted octanol–water partition coefficient (Wildman–Crippen LogP) is -0.844. The number of carbonyl (C=O) groups excluding carboxylic acids is 1. The number of rotatable bonds is 2. The van der Waals surface area contributed by atoms with E-state index in [1.54, 1.807) is 0 Å². The average molecular weight is 190 g/mol. The summed E-state index contributed by atoms with van der Waals surface area (Å²) in [5.74, 6) is -0.0620. The first-order valence-corrected chi connectivity index (χ1v) is 3.76. The molecule has 0 atom stereocenters. The Kier molecular flexibility index (Phi) is 1.90. The van der Waals surface area contributed by atoms with Crippen LogP contribution in [0, 0.1) is 0 Å². The summed E-state index contributed by atoms with van der Waals surface area (Å²) in [6, 6.07) is 3.04. The lowest BCUT2D eigenvalue weighted by atomic mass is 10.2. The molecule has 0 aromatic carbocycles. The van der Waals surface area contributed by atoms with E-state index >= 15 is 0 Å². The minimum Gasteiger partial charge on any atom is -0.366 e. The lowest BCUT2D eigenvalue weighted by Crippen LogP contribution is -2.12. The van der Waals surface area contributed by atoms with E-state index in [2.05, 4.69) is 20.5 Å². The molecule has 0 spiro atoms. The Bertz CT molecular complexity index is 451. The maximum absolute atomic E-state index is 10.9. The van der Waals surface area contributed by atoms with E-state index in [1.807, 2.05) is 0 Å². The normalized spacial score (nSPS) is 10.0. The van der Waals surface area contributed by atoms with Crippen LogP contribution in [0.25, 0.3) is 5.82 Å². The van der Waals surface area contributed by atoms with E-state index in [4.69, 9.17) is 5.73 Å². The largest absolute Gasteiger partial charge is 0.366 e. The molecule has 0 aliphatic carbocycles. The first-order chi connectivity index (χ1) is 6.77. The first kappa shape index (κ1) is 8.30. The van der Waals surface area contributed by atoms with Crippen LogP contribution in [0.4, 0.5) is 0 Å². The second-order valence-corrected chi connectivity index (χ2v) is 2.52. The van der Waals surface area contributed by atoms with Gasteiger partial charge in [0.25, 0.3) is 0 Å². The fraction of sp³-hybridized carbons (Fsp3) is 0. The van der Waals surface area contributed by atoms with Crippen molar-refractivity contribution in [1.29, 1.82) is 0 Å². The number of carbonyl (C=O) groups is 1. The highest BCUT2D eigenvalue weighted by atomic mass is 16.1. The van der Waals surface area contributed by atoms with Gasteiger partial charge < -0.3 is 5.73 Å². The van der Waals surface area contributed by atoms with Crippen LogP contribution >= 0.6 is 0 Å². The topological polar surface area (TPSA) is 99.6 Å². The third-order valence-corrected chi connectivity index (χ3v) is 1.61. The number of amides is 1. The number of hydrogen-bond donors (Lipinski definition) is 1. The predicted molar refractivity (Wildman–Crippen MR) is 45.5 cm³/mol. The van der Waals surface area contributed by atoms with Gasteiger partial charge in [-0.05, 0) is 22.6 Å². The second-order valence-electron chi connectivity index (χ2n) is 2.52. The number of nitrogens with two attached hydrogens (primary N) is 1. The van der Waals surface area contributed by atoms with E-state index in [9.17, 15) is 4.79 Å². The fourth-order valence-corrected chi connectivity index (χ4v) is 0.963. The number of primary amides is 1. The Morgan fingerprint density at radius 3 is 3.00 bits per heavy atom. The summed E-state index contributed by atoms with van der Waals surface area (Å²) < 4.78 is 1.34. The Balaban J connectivity index is 2.46. The second kappa shape index (κ2) is 3.21. The van der Waals surface area contributed by atoms with Crippen LogP contribution in [-0.2, 0) is 0 Å². The summed E-state index contributed by atoms with van der Waals surface area (Å²) in [5.41, 5.74) is 5.47. The van der Waals surface area contributed by atoms with Crippen LogP contribution in [0.3, 0.4) is 0 Å². The maximum atomic E-state index is 10.9. The Morgan fingerprint density at radius 1 is 1.50 bits per heavy atom. The highest BCUT2D eigenvalue weighted by Gasteiger charge is 2.04. The quantitative estimate of drug-likeness (QED) is 0.665. The molecule has 7 nitrogen and oxygen atoms in total. The van der Waals surface area contributed by atoms with Crippen molar-refractivity contribution in [3.63, 3.8) is 0 Å². The van der Waals surface area contributed by atoms with Gasteiger partial charge in [-0.1, -0.05) is 0 Å². The molecule has 0 saturated carbocycles. The smallest absolute Gasteiger partial charge is 0.248 e. The molecule has 70 valence electrons. The Labute approximate surface area is 78.6 Å². The van der Waals surface area contributed by atoms with Gasteiger partial charge in [0.15, 0.2) is 5.82 Å². The lowest BCUT2D eigenvalue weighted by molar-refractivity contribution is 0.1000. The Morgan fingerprint density at radius 2 is 2.36 bits per heavy atom. The molecule has 2 aromatic heterocycles. The third kappa shape index (κ3) is 1.42. The molecular weight excluding hydrogens is 184 g/mol. The highest BCUT2D eigenvalue weighted by molar-refractivity contribution is 5.93. The molecular formula is C7H6N6O. The molecule has 2 N–H and O–H groups in total. The number of hydrogen-bond acceptors (Lipinski definition) is 5. The molecule has 0 bridgehead atoms. The average Bonchev–Trinajstić information content (AvgIpc) is 2.71. The van der Waals surface area contributed by atoms with Gasteiger partial charge in [-0.25, -0.2) is 4.98 Å². The minimum absolute atomic E-state index is 0.366. The molecule has 0 unspecified atom stereocenters. The molecule has 0 aliphatic heterocycles. The Hall–Kier alpha value is -2.31. The van der Waals surface area contributed by atoms with Crippen molar-refractivity contribution in [1.82, 2.24) is 25.2 Å². The van der Waals surface area contributed by atoms with Crippen molar-refractivity contribution >= 4 is 5.91 Å². The summed E-state index contributed by atoms with van der Waals surface area (Å²) in [6.07, 6.45) is 2.85. The van der Waals surface area contributed by atoms with Crippen LogP contribution < -0.4 is 5.73 Å². The molecule has 0 fully saturated rings. The van der Waals surface area contributed by atoms with Crippen LogP contribution in [0.5, 0.6) is 0 Å². The molecule has 2 aromatic rings. The van der Waals surface area contributed by atoms with Crippen LogP contribution in [0.1, 0.15) is 10.4 Å². The lowest BCUT2D eigenvalue weighted by Gasteiger charge is -1.99. The summed E-state index contributed by atoms with van der Waals surface area (Å²) >= 11 is 0. The summed E-state index contributed by atoms with van der Waals surface area (Å²) in [5, 5.41) is 10.5. The summed E-state index contributed by atoms with van der Waals surface area (Å²) in [7, 11) is 0. The van der Waals surface area contributed by atoms with E-state index in [0.29, 0.717) is 11.4 Å². The number of tetrazole rings is 1. The molecule has 0 radical (unpaired) electrons. The molecule has 0 aliphatic rings. The van der Waals surface area contributed by atoms with Crippen LogP contribution in [-0.4, -0.2) is 31.1 Å².